The van der Waals surface area contributed by atoms with Crippen LogP contribution in [-0.4, -0.2) is 51.3 Å². The number of methoxy groups -OCH3 is 2. The second-order valence-corrected chi connectivity index (χ2v) is 4.60. The van der Waals surface area contributed by atoms with Crippen molar-refractivity contribution in [2.45, 2.75) is 13.0 Å². The molecule has 0 aliphatic heterocycles. The number of likely N-dealkylation sites (N-methyl/N-ethyl adjacent to an activating group) is 1. The Morgan fingerprint density at radius 1 is 1.45 bits per heavy atom. The zero-order valence-corrected chi connectivity index (χ0v) is 12.5. The van der Waals surface area contributed by atoms with Crippen molar-refractivity contribution in [3.63, 3.8) is 0 Å². The van der Waals surface area contributed by atoms with Crippen LogP contribution in [0.4, 0.5) is 11.4 Å². The Bertz CT molecular complexity index is 451. The van der Waals surface area contributed by atoms with Crippen LogP contribution in [0.1, 0.15) is 6.92 Å². The van der Waals surface area contributed by atoms with Crippen molar-refractivity contribution in [2.24, 2.45) is 0 Å². The van der Waals surface area contributed by atoms with Gasteiger partial charge in [0.2, 0.25) is 5.91 Å². The van der Waals surface area contributed by atoms with Crippen molar-refractivity contribution in [1.82, 2.24) is 4.90 Å². The first kappa shape index (κ1) is 16.3. The quantitative estimate of drug-likeness (QED) is 0.734. The molecular weight excluding hydrogens is 258 g/mol. The van der Waals surface area contributed by atoms with Crippen molar-refractivity contribution in [1.29, 1.82) is 0 Å². The molecule has 20 heavy (non-hydrogen) atoms. The molecule has 6 heteroatoms. The number of amides is 1. The standard InChI is InChI=1S/C14H23N3O3/c1-10(17(2)7-8-19-3)14(18)16-12-9-11(15)5-6-13(12)20-4/h5-6,9-10H,7-8,15H2,1-4H3,(H,16,18). The number of hydrogen-bond acceptors (Lipinski definition) is 5. The molecule has 0 aliphatic rings. The molecule has 3 N–H and O–H groups in total. The Morgan fingerprint density at radius 3 is 2.75 bits per heavy atom. The minimum Gasteiger partial charge on any atom is -0.495 e. The largest absolute Gasteiger partial charge is 0.495 e. The third-order valence-corrected chi connectivity index (χ3v) is 3.17. The monoisotopic (exact) mass is 281 g/mol. The highest BCUT2D eigenvalue weighted by molar-refractivity contribution is 5.96. The summed E-state index contributed by atoms with van der Waals surface area (Å²) in [7, 11) is 5.06. The molecule has 0 aliphatic carbocycles. The molecule has 0 radical (unpaired) electrons. The number of ether oxygens (including phenoxy) is 2. The van der Waals surface area contributed by atoms with Gasteiger partial charge >= 0.3 is 0 Å². The van der Waals surface area contributed by atoms with Crippen LogP contribution < -0.4 is 15.8 Å². The molecule has 1 atom stereocenters. The Kier molecular flexibility index (Phi) is 6.27. The van der Waals surface area contributed by atoms with Crippen molar-refractivity contribution < 1.29 is 14.3 Å². The topological polar surface area (TPSA) is 76.8 Å². The highest BCUT2D eigenvalue weighted by atomic mass is 16.5. The molecular formula is C14H23N3O3. The number of carbonyl (C=O) groups excluding carboxylic acids is 1. The van der Waals surface area contributed by atoms with Gasteiger partial charge in [-0.05, 0) is 32.2 Å². The average Bonchev–Trinajstić information content (AvgIpc) is 2.44. The second-order valence-electron chi connectivity index (χ2n) is 4.60. The number of nitrogens with one attached hydrogen (secondary N) is 1. The number of nitrogens with two attached hydrogens (primary N) is 1. The van der Waals surface area contributed by atoms with Crippen LogP contribution in [0.3, 0.4) is 0 Å². The van der Waals surface area contributed by atoms with Crippen LogP contribution in [0, 0.1) is 0 Å². The third-order valence-electron chi connectivity index (χ3n) is 3.17. The van der Waals surface area contributed by atoms with Crippen LogP contribution in [0.25, 0.3) is 0 Å². The summed E-state index contributed by atoms with van der Waals surface area (Å²) in [6.07, 6.45) is 0. The van der Waals surface area contributed by atoms with E-state index in [1.165, 1.54) is 0 Å². The summed E-state index contributed by atoms with van der Waals surface area (Å²) < 4.78 is 10.2. The maximum Gasteiger partial charge on any atom is 0.241 e. The average molecular weight is 281 g/mol. The van der Waals surface area contributed by atoms with E-state index in [-0.39, 0.29) is 11.9 Å². The summed E-state index contributed by atoms with van der Waals surface area (Å²) in [5, 5.41) is 2.83. The molecule has 0 heterocycles. The summed E-state index contributed by atoms with van der Waals surface area (Å²) >= 11 is 0. The first-order valence-electron chi connectivity index (χ1n) is 6.43. The number of nitrogen functional groups attached to an aromatic ring is 1. The fraction of sp³-hybridized carbons (Fsp3) is 0.500. The van der Waals surface area contributed by atoms with E-state index in [9.17, 15) is 4.79 Å². The molecule has 112 valence electrons. The Hall–Kier alpha value is -1.79. The minimum absolute atomic E-state index is 0.118. The Morgan fingerprint density at radius 2 is 2.15 bits per heavy atom. The van der Waals surface area contributed by atoms with Crippen LogP contribution in [0.5, 0.6) is 5.75 Å². The number of rotatable bonds is 7. The molecule has 6 nitrogen and oxygen atoms in total. The highest BCUT2D eigenvalue weighted by Crippen LogP contribution is 2.26. The Balaban J connectivity index is 2.72. The summed E-state index contributed by atoms with van der Waals surface area (Å²) in [5.74, 6) is 0.465. The maximum absolute atomic E-state index is 12.2. The van der Waals surface area contributed by atoms with Crippen molar-refractivity contribution in [2.75, 3.05) is 45.5 Å². The predicted octanol–water partition coefficient (Wildman–Crippen LogP) is 1.18. The molecule has 0 saturated heterocycles. The molecule has 0 bridgehead atoms. The van der Waals surface area contributed by atoms with E-state index in [0.29, 0.717) is 30.3 Å². The van der Waals surface area contributed by atoms with E-state index in [1.807, 2.05) is 18.9 Å². The zero-order valence-electron chi connectivity index (χ0n) is 12.5. The molecule has 1 aromatic carbocycles. The fourth-order valence-corrected chi connectivity index (χ4v) is 1.69. The van der Waals surface area contributed by atoms with Crippen molar-refractivity contribution in [3.8, 4) is 5.75 Å². The normalized spacial score (nSPS) is 12.2. The number of nitrogens with zero attached hydrogens (tertiary/aromatic N) is 1. The SMILES string of the molecule is COCCN(C)C(C)C(=O)Nc1cc(N)ccc1OC. The van der Waals surface area contributed by atoms with E-state index in [4.69, 9.17) is 15.2 Å². The number of anilines is 2. The second kappa shape index (κ2) is 7.72. The van der Waals surface area contributed by atoms with E-state index >= 15 is 0 Å². The molecule has 1 aromatic rings. The van der Waals surface area contributed by atoms with E-state index in [1.54, 1.807) is 32.4 Å². The first-order chi connectivity index (χ1) is 9.49. The van der Waals surface area contributed by atoms with Crippen LogP contribution >= 0.6 is 0 Å². The molecule has 0 spiro atoms. The number of carbonyl (C=O) groups is 1. The maximum atomic E-state index is 12.2. The number of hydrogen-bond donors (Lipinski definition) is 2. The van der Waals surface area contributed by atoms with Gasteiger partial charge in [-0.15, -0.1) is 0 Å². The van der Waals surface area contributed by atoms with Crippen LogP contribution in [-0.2, 0) is 9.53 Å². The third kappa shape index (κ3) is 4.40. The summed E-state index contributed by atoms with van der Waals surface area (Å²) in [6, 6.07) is 4.85. The van der Waals surface area contributed by atoms with Crippen LogP contribution in [0.15, 0.2) is 18.2 Å². The lowest BCUT2D eigenvalue weighted by molar-refractivity contribution is -0.120. The van der Waals surface area contributed by atoms with Gasteiger partial charge in [0.1, 0.15) is 5.75 Å². The molecule has 1 rings (SSSR count). The van der Waals surface area contributed by atoms with E-state index < -0.39 is 0 Å². The van der Waals surface area contributed by atoms with Crippen molar-refractivity contribution >= 4 is 17.3 Å². The van der Waals surface area contributed by atoms with Crippen LogP contribution in [0.2, 0.25) is 0 Å². The van der Waals surface area contributed by atoms with Gasteiger partial charge in [-0.3, -0.25) is 9.69 Å². The Labute approximate surface area is 119 Å². The summed E-state index contributed by atoms with van der Waals surface area (Å²) in [4.78, 5) is 14.1. The van der Waals surface area contributed by atoms with Gasteiger partial charge in [0.15, 0.2) is 0 Å². The highest BCUT2D eigenvalue weighted by Gasteiger charge is 2.19. The van der Waals surface area contributed by atoms with E-state index in [0.717, 1.165) is 0 Å². The van der Waals surface area contributed by atoms with Gasteiger partial charge in [-0.1, -0.05) is 0 Å². The molecule has 0 aromatic heterocycles. The lowest BCUT2D eigenvalue weighted by atomic mass is 10.2. The molecule has 1 amide bonds. The molecule has 0 fully saturated rings. The van der Waals surface area contributed by atoms with Gasteiger partial charge in [0.25, 0.3) is 0 Å². The predicted molar refractivity (Wildman–Crippen MR) is 80.0 cm³/mol. The van der Waals surface area contributed by atoms with Gasteiger partial charge in [0.05, 0.1) is 25.4 Å². The number of benzene rings is 1. The van der Waals surface area contributed by atoms with Gasteiger partial charge in [-0.2, -0.15) is 0 Å². The van der Waals surface area contributed by atoms with E-state index in [2.05, 4.69) is 5.32 Å². The smallest absolute Gasteiger partial charge is 0.241 e. The molecule has 0 saturated carbocycles. The molecule has 1 unspecified atom stereocenters. The summed E-state index contributed by atoms with van der Waals surface area (Å²) in [5.41, 5.74) is 6.87. The zero-order chi connectivity index (χ0) is 15.1. The minimum atomic E-state index is -0.281. The van der Waals surface area contributed by atoms with Gasteiger partial charge < -0.3 is 20.5 Å². The fourth-order valence-electron chi connectivity index (χ4n) is 1.69. The van der Waals surface area contributed by atoms with Crippen molar-refractivity contribution in [3.05, 3.63) is 18.2 Å². The lowest BCUT2D eigenvalue weighted by Gasteiger charge is -2.23. The summed E-state index contributed by atoms with van der Waals surface area (Å²) in [6.45, 7) is 3.10. The van der Waals surface area contributed by atoms with Gasteiger partial charge in [-0.25, -0.2) is 0 Å². The lowest BCUT2D eigenvalue weighted by Crippen LogP contribution is -2.41. The van der Waals surface area contributed by atoms with Gasteiger partial charge in [0, 0.05) is 19.3 Å². The first-order valence-corrected chi connectivity index (χ1v) is 6.43.